The van der Waals surface area contributed by atoms with Gasteiger partial charge in [-0.15, -0.1) is 0 Å². The molecule has 2 fully saturated rings. The molecule has 4 heterocycles. The fourth-order valence-electron chi connectivity index (χ4n) is 4.38. The number of carbonyl (C=O) groups excluding carboxylic acids is 1. The summed E-state index contributed by atoms with van der Waals surface area (Å²) in [5.74, 6) is 0.742. The Morgan fingerprint density at radius 1 is 1.12 bits per heavy atom. The summed E-state index contributed by atoms with van der Waals surface area (Å²) in [6.07, 6.45) is 3.85. The number of imidazole rings is 1. The first-order valence-corrected chi connectivity index (χ1v) is 12.4. The molecular weight excluding hydrogens is 508 g/mol. The number of halogens is 2. The number of ether oxygens (including phenoxy) is 1. The zero-order chi connectivity index (χ0) is 22.8. The molecule has 174 valence electrons. The maximum absolute atomic E-state index is 12.6. The first kappa shape index (κ1) is 22.6. The van der Waals surface area contributed by atoms with Crippen molar-refractivity contribution in [3.8, 4) is 11.4 Å². The minimum Gasteiger partial charge on any atom is -0.379 e. The first-order valence-electron chi connectivity index (χ1n) is 11.3. The molecule has 1 aromatic carbocycles. The fourth-order valence-corrected chi connectivity index (χ4v) is 4.90. The average molecular weight is 534 g/mol. The van der Waals surface area contributed by atoms with E-state index in [2.05, 4.69) is 35.7 Å². The van der Waals surface area contributed by atoms with Crippen molar-refractivity contribution < 1.29 is 9.53 Å². The van der Waals surface area contributed by atoms with Gasteiger partial charge in [-0.25, -0.2) is 14.8 Å². The highest BCUT2D eigenvalue weighted by atomic mass is 79.9. The summed E-state index contributed by atoms with van der Waals surface area (Å²) in [4.78, 5) is 26.2. The van der Waals surface area contributed by atoms with Gasteiger partial charge >= 0.3 is 6.03 Å². The van der Waals surface area contributed by atoms with Crippen LogP contribution in [0, 0.1) is 0 Å². The molecule has 5 rings (SSSR count). The molecule has 0 spiro atoms. The van der Waals surface area contributed by atoms with Gasteiger partial charge in [-0.3, -0.25) is 4.90 Å². The molecule has 0 atom stereocenters. The second-order valence-electron chi connectivity index (χ2n) is 8.36. The van der Waals surface area contributed by atoms with Crippen LogP contribution in [-0.2, 0) is 11.3 Å². The summed E-state index contributed by atoms with van der Waals surface area (Å²) < 4.78 is 8.54. The maximum Gasteiger partial charge on any atom is 0.321 e. The van der Waals surface area contributed by atoms with E-state index in [9.17, 15) is 4.79 Å². The number of nitrogens with zero attached hydrogens (tertiary/aromatic N) is 5. The number of hydrogen-bond acceptors (Lipinski definition) is 5. The molecule has 2 aliphatic rings. The molecule has 2 saturated heterocycles. The fraction of sp³-hybridized carbons (Fsp3) is 0.435. The molecule has 2 aliphatic heterocycles. The minimum atomic E-state index is -0.0767. The van der Waals surface area contributed by atoms with Crippen LogP contribution >= 0.6 is 27.5 Å². The quantitative estimate of drug-likeness (QED) is 0.524. The Morgan fingerprint density at radius 3 is 2.70 bits per heavy atom. The summed E-state index contributed by atoms with van der Waals surface area (Å²) in [6, 6.07) is 7.50. The predicted octanol–water partition coefficient (Wildman–Crippen LogP) is 4.47. The van der Waals surface area contributed by atoms with Crippen molar-refractivity contribution >= 4 is 50.4 Å². The number of carbonyl (C=O) groups is 1. The maximum atomic E-state index is 12.6. The normalized spacial score (nSPS) is 17.1. The Balaban J connectivity index is 1.48. The summed E-state index contributed by atoms with van der Waals surface area (Å²) in [7, 11) is 0. The molecule has 1 N–H and O–H groups in total. The Labute approximate surface area is 206 Å². The SMILES string of the molecule is O=C(Nc1ccc(Cl)c(-c2nc3ncc(Br)cc3n2CCN2CCOCC2)c1)N1CCCC1. The van der Waals surface area contributed by atoms with Crippen LogP contribution in [0.4, 0.5) is 10.5 Å². The van der Waals surface area contributed by atoms with Crippen LogP contribution in [0.2, 0.25) is 5.02 Å². The summed E-state index contributed by atoms with van der Waals surface area (Å²) in [5.41, 5.74) is 3.08. The van der Waals surface area contributed by atoms with Gasteiger partial charge in [-0.2, -0.15) is 0 Å². The van der Waals surface area contributed by atoms with Crippen molar-refractivity contribution in [1.29, 1.82) is 0 Å². The van der Waals surface area contributed by atoms with E-state index < -0.39 is 0 Å². The number of morpholine rings is 1. The van der Waals surface area contributed by atoms with Gasteiger partial charge in [0.2, 0.25) is 0 Å². The largest absolute Gasteiger partial charge is 0.379 e. The molecule has 3 aromatic rings. The highest BCUT2D eigenvalue weighted by Gasteiger charge is 2.21. The van der Waals surface area contributed by atoms with Gasteiger partial charge in [-0.1, -0.05) is 11.6 Å². The molecule has 0 saturated carbocycles. The molecule has 0 unspecified atom stereocenters. The van der Waals surface area contributed by atoms with Crippen LogP contribution in [-0.4, -0.2) is 76.3 Å². The number of aromatic nitrogens is 3. The lowest BCUT2D eigenvalue weighted by molar-refractivity contribution is 0.0366. The highest BCUT2D eigenvalue weighted by molar-refractivity contribution is 9.10. The van der Waals surface area contributed by atoms with E-state index in [1.54, 1.807) is 6.20 Å². The summed E-state index contributed by atoms with van der Waals surface area (Å²) >= 11 is 10.2. The lowest BCUT2D eigenvalue weighted by Crippen LogP contribution is -2.38. The van der Waals surface area contributed by atoms with Gasteiger partial charge < -0.3 is 19.5 Å². The second-order valence-corrected chi connectivity index (χ2v) is 9.68. The van der Waals surface area contributed by atoms with E-state index in [0.717, 1.165) is 86.7 Å². The zero-order valence-electron chi connectivity index (χ0n) is 18.3. The Kier molecular flexibility index (Phi) is 6.82. The molecule has 8 nitrogen and oxygen atoms in total. The number of anilines is 1. The van der Waals surface area contributed by atoms with Crippen LogP contribution in [0.25, 0.3) is 22.6 Å². The number of nitrogens with one attached hydrogen (secondary N) is 1. The van der Waals surface area contributed by atoms with E-state index in [-0.39, 0.29) is 6.03 Å². The number of fused-ring (bicyclic) bond motifs is 1. The molecule has 0 bridgehead atoms. The van der Waals surface area contributed by atoms with Crippen molar-refractivity contribution in [3.63, 3.8) is 0 Å². The van der Waals surface area contributed by atoms with Crippen molar-refractivity contribution in [1.82, 2.24) is 24.3 Å². The number of hydrogen-bond donors (Lipinski definition) is 1. The Bertz CT molecular complexity index is 1160. The lowest BCUT2D eigenvalue weighted by atomic mass is 10.2. The molecule has 0 aliphatic carbocycles. The topological polar surface area (TPSA) is 75.5 Å². The van der Waals surface area contributed by atoms with Crippen molar-refractivity contribution in [3.05, 3.63) is 40.0 Å². The minimum absolute atomic E-state index is 0.0767. The summed E-state index contributed by atoms with van der Waals surface area (Å²) in [5, 5.41) is 3.59. The molecule has 0 radical (unpaired) electrons. The van der Waals surface area contributed by atoms with E-state index in [1.807, 2.05) is 29.2 Å². The van der Waals surface area contributed by atoms with E-state index in [4.69, 9.17) is 21.3 Å². The van der Waals surface area contributed by atoms with Crippen molar-refractivity contribution in [2.75, 3.05) is 51.3 Å². The van der Waals surface area contributed by atoms with Gasteiger partial charge in [0, 0.05) is 61.2 Å². The summed E-state index contributed by atoms with van der Waals surface area (Å²) in [6.45, 7) is 6.56. The Hall–Kier alpha value is -2.20. The lowest BCUT2D eigenvalue weighted by Gasteiger charge is -2.27. The molecule has 33 heavy (non-hydrogen) atoms. The Morgan fingerprint density at radius 2 is 1.91 bits per heavy atom. The highest BCUT2D eigenvalue weighted by Crippen LogP contribution is 2.33. The van der Waals surface area contributed by atoms with Gasteiger partial charge in [-0.05, 0) is 53.0 Å². The van der Waals surface area contributed by atoms with Crippen LogP contribution in [0.15, 0.2) is 34.9 Å². The standard InChI is InChI=1S/C23H26BrClN6O2/c24-16-13-20-21(26-15-16)28-22(31(20)8-7-29-9-11-33-12-10-29)18-14-17(3-4-19(18)25)27-23(32)30-5-1-2-6-30/h3-4,13-15H,1-2,5-12H2,(H,27,32). The van der Waals surface area contributed by atoms with Gasteiger partial charge in [0.1, 0.15) is 5.82 Å². The van der Waals surface area contributed by atoms with Crippen LogP contribution in [0.5, 0.6) is 0 Å². The number of urea groups is 1. The van der Waals surface area contributed by atoms with Crippen LogP contribution in [0.1, 0.15) is 12.8 Å². The monoisotopic (exact) mass is 532 g/mol. The van der Waals surface area contributed by atoms with Gasteiger partial charge in [0.15, 0.2) is 5.65 Å². The number of amides is 2. The van der Waals surface area contributed by atoms with Crippen LogP contribution < -0.4 is 5.32 Å². The third kappa shape index (κ3) is 5.01. The molecule has 2 aromatic heterocycles. The third-order valence-corrected chi connectivity index (χ3v) is 6.93. The van der Waals surface area contributed by atoms with Crippen molar-refractivity contribution in [2.45, 2.75) is 19.4 Å². The van der Waals surface area contributed by atoms with Gasteiger partial charge in [0.05, 0.1) is 23.8 Å². The first-order chi connectivity index (χ1) is 16.1. The van der Waals surface area contributed by atoms with E-state index in [0.29, 0.717) is 16.4 Å². The van der Waals surface area contributed by atoms with Crippen LogP contribution in [0.3, 0.4) is 0 Å². The average Bonchev–Trinajstić information content (AvgIpc) is 3.48. The zero-order valence-corrected chi connectivity index (χ0v) is 20.6. The smallest absolute Gasteiger partial charge is 0.321 e. The van der Waals surface area contributed by atoms with Gasteiger partial charge in [0.25, 0.3) is 0 Å². The molecular formula is C23H26BrClN6O2. The third-order valence-electron chi connectivity index (χ3n) is 6.17. The second kappa shape index (κ2) is 9.97. The number of benzene rings is 1. The van der Waals surface area contributed by atoms with E-state index >= 15 is 0 Å². The van der Waals surface area contributed by atoms with Crippen molar-refractivity contribution in [2.24, 2.45) is 0 Å². The number of rotatable bonds is 5. The number of pyridine rings is 1. The number of likely N-dealkylation sites (tertiary alicyclic amines) is 1. The predicted molar refractivity (Wildman–Crippen MR) is 133 cm³/mol. The van der Waals surface area contributed by atoms with E-state index in [1.165, 1.54) is 0 Å². The molecule has 10 heteroatoms. The molecule has 2 amide bonds.